The minimum absolute atomic E-state index is 0.0520. The molecule has 0 spiro atoms. The Labute approximate surface area is 505 Å². The maximum absolute atomic E-state index is 7.31. The van der Waals surface area contributed by atoms with Gasteiger partial charge in [0, 0.05) is 0 Å². The molecule has 78 radical (unpaired) electrons. The van der Waals surface area contributed by atoms with Gasteiger partial charge in [-0.25, -0.2) is 0 Å². The predicted octanol–water partition coefficient (Wildman–Crippen LogP) is -12.9. The second kappa shape index (κ2) is 18.6. The molecule has 3 aromatic carbocycles. The fourth-order valence-electron chi connectivity index (χ4n) is 13.7. The van der Waals surface area contributed by atoms with Crippen LogP contribution in [0.1, 0.15) is 47.6 Å². The Morgan fingerprint density at radius 3 is 0.671 bits per heavy atom. The summed E-state index contributed by atoms with van der Waals surface area (Å²) in [4.78, 5) is 0. The van der Waals surface area contributed by atoms with Gasteiger partial charge in [-0.3, -0.25) is 0 Å². The summed E-state index contributed by atoms with van der Waals surface area (Å²) in [7, 11) is 264. The van der Waals surface area contributed by atoms with Crippen LogP contribution in [0, 0.1) is 0 Å². The highest BCUT2D eigenvalue weighted by Crippen LogP contribution is 2.84. The largest absolute Gasteiger partial charge is 0.123 e. The van der Waals surface area contributed by atoms with Crippen LogP contribution in [0.5, 0.6) is 0 Å². The van der Waals surface area contributed by atoms with Crippen molar-refractivity contribution in [3.63, 3.8) is 0 Å². The summed E-state index contributed by atoms with van der Waals surface area (Å²) in [6.07, 6.45) is 0. The molecule has 0 amide bonds. The van der Waals surface area contributed by atoms with Crippen molar-refractivity contribution in [2.75, 3.05) is 0 Å². The number of rotatable bonds is 11. The van der Waals surface area contributed by atoms with E-state index in [4.69, 9.17) is 306 Å². The van der Waals surface area contributed by atoms with Gasteiger partial charge in [0.1, 0.15) is 54.9 Å². The molecule has 39 heteroatoms. The highest BCUT2D eigenvalue weighted by molar-refractivity contribution is 6.75. The van der Waals surface area contributed by atoms with Crippen LogP contribution in [0.4, 0.5) is 0 Å². The summed E-state index contributed by atoms with van der Waals surface area (Å²) in [6.45, 7) is 3.30. The lowest BCUT2D eigenvalue weighted by atomic mass is 8.98. The van der Waals surface area contributed by atoms with Crippen molar-refractivity contribution in [1.82, 2.24) is 0 Å². The average Bonchev–Trinajstić information content (AvgIpc) is 3.11. The predicted molar refractivity (Wildman–Crippen MR) is 352 cm³/mol. The molecule has 0 unspecified atom stereocenters. The smallest absolute Gasteiger partial charge is 0.115 e. The van der Waals surface area contributed by atoms with Crippen LogP contribution < -0.4 is 38.2 Å². The molecule has 0 N–H and O–H groups in total. The molecule has 274 valence electrons. The maximum Gasteiger partial charge on any atom is 0.115 e. The molecule has 2 aliphatic rings. The van der Waals surface area contributed by atoms with Gasteiger partial charge in [0.05, 0.1) is 251 Å². The van der Waals surface area contributed by atoms with Crippen molar-refractivity contribution < 1.29 is 0 Å². The maximum atomic E-state index is 7.31. The Morgan fingerprint density at radius 1 is 0.289 bits per heavy atom. The van der Waals surface area contributed by atoms with Crippen molar-refractivity contribution >= 4 is 344 Å². The van der Waals surface area contributed by atoms with Gasteiger partial charge in [-0.15, -0.1) is 61.8 Å². The van der Waals surface area contributed by atoms with E-state index in [0.29, 0.717) is 0 Å². The van der Waals surface area contributed by atoms with Gasteiger partial charge in [0.25, 0.3) is 0 Å². The Hall–Kier alpha value is 0.192. The molecule has 0 atom stereocenters. The van der Waals surface area contributed by atoms with E-state index in [0.717, 1.165) is 12.1 Å². The van der Waals surface area contributed by atoms with Crippen LogP contribution in [0.3, 0.4) is 0 Å². The van der Waals surface area contributed by atoms with Crippen LogP contribution in [0.25, 0.3) is 22.3 Å². The van der Waals surface area contributed by atoms with Gasteiger partial charge >= 0.3 is 0 Å². The number of fused-ring (bicyclic) bond motifs is 2. The third-order valence-electron chi connectivity index (χ3n) is 16.1. The van der Waals surface area contributed by atoms with E-state index in [1.807, 2.05) is 0 Å². The molecule has 2 aliphatic carbocycles. The van der Waals surface area contributed by atoms with E-state index in [1.165, 1.54) is 0 Å². The first-order chi connectivity index (χ1) is 33.2. The number of hydrogen-bond donors (Lipinski definition) is 0. The fourth-order valence-corrected chi connectivity index (χ4v) is 13.7. The third-order valence-corrected chi connectivity index (χ3v) is 16.1. The quantitative estimate of drug-likeness (QED) is 0.168. The first-order valence-electron chi connectivity index (χ1n) is 22.4. The summed E-state index contributed by atoms with van der Waals surface area (Å²) in [5.74, 6) is -0.716. The summed E-state index contributed by atoms with van der Waals surface area (Å²) in [5, 5.41) is -36.4. The molecular formula is C37H9B39. The molecule has 76 heavy (non-hydrogen) atoms. The molecule has 5 rings (SSSR count). The minimum atomic E-state index is -3.21. The SMILES string of the molecule is [B]c1cc2c(c([B])c1-c1c([B])c(-c3c([B])cc4c(c3[B])C(C([B])([B])[B])(C([B])([B])[B])C([B])([B])C([B])([B])C4(C([B])([B])[B])C([B])([B])[B])c([B])c(C(C)C)c1[B])C(C([B])([B])[B])(C([B])([B])[B])C([B])([B])C([B])([B])C2(C([B])([B])[B])C([B])([B])[B]. The summed E-state index contributed by atoms with van der Waals surface area (Å²) in [5.41, 5.74) is -19.8. The Morgan fingerprint density at radius 2 is 0.487 bits per heavy atom. The normalized spacial score (nSPS) is 20.6. The summed E-state index contributed by atoms with van der Waals surface area (Å²) >= 11 is 0. The zero-order valence-electron chi connectivity index (χ0n) is 42.2. The Bertz CT molecular complexity index is 2620. The molecule has 0 saturated carbocycles. The summed E-state index contributed by atoms with van der Waals surface area (Å²) < 4.78 is 0. The van der Waals surface area contributed by atoms with Crippen LogP contribution >= 0.6 is 0 Å². The lowest BCUT2D eigenvalue weighted by Gasteiger charge is -2.82. The second-order valence-corrected chi connectivity index (χ2v) is 21.9. The van der Waals surface area contributed by atoms with E-state index in [9.17, 15) is 0 Å². The average molecular weight is 875 g/mol. The van der Waals surface area contributed by atoms with Crippen LogP contribution in [-0.2, 0) is 21.7 Å². The van der Waals surface area contributed by atoms with E-state index >= 15 is 0 Å². The van der Waals surface area contributed by atoms with Gasteiger partial charge in [0.2, 0.25) is 0 Å². The van der Waals surface area contributed by atoms with Gasteiger partial charge < -0.3 is 0 Å². The molecule has 0 aliphatic heterocycles. The van der Waals surface area contributed by atoms with E-state index < -0.39 is 150 Å². The fraction of sp³-hybridized carbons (Fsp3) is 0.514. The van der Waals surface area contributed by atoms with Gasteiger partial charge in [-0.2, -0.15) is 0 Å². The third kappa shape index (κ3) is 7.77. The number of hydrogen-bond acceptors (Lipinski definition) is 0. The van der Waals surface area contributed by atoms with Gasteiger partial charge in [0.15, 0.2) is 0 Å². The highest BCUT2D eigenvalue weighted by Gasteiger charge is 2.75. The van der Waals surface area contributed by atoms with Crippen molar-refractivity contribution in [2.45, 2.75) is 103 Å². The van der Waals surface area contributed by atoms with E-state index in [2.05, 4.69) is 0 Å². The van der Waals surface area contributed by atoms with Crippen molar-refractivity contribution in [1.29, 1.82) is 0 Å². The lowest BCUT2D eigenvalue weighted by Crippen LogP contribution is -2.75. The highest BCUT2D eigenvalue weighted by atomic mass is 14.7. The molecule has 0 fully saturated rings. The zero-order chi connectivity index (χ0) is 60.2. The standard InChI is InChI=1S/C37H9B39/c1-5(2)10-17(40)13(11-8(38)3-6-15(20(11)43)24(34(65,66)67,35(68,69)70)28(49,50)26(45,46)22(6,30(53,54)55)31(56,57)58)19(42)14(18(10)41)12-9(39)4-7-16(21(12)44)25(36(71,72)73,37(74,75)76)29(51,52)27(47,48)23(7,32(59,60)61)33(62,63)64/h3-5H,1-2H3. The lowest BCUT2D eigenvalue weighted by molar-refractivity contribution is 0.213. The molecular weight excluding hydrogens is 866 g/mol. The first kappa shape index (κ1) is 67.0. The van der Waals surface area contributed by atoms with Crippen molar-refractivity contribution in [3.8, 4) is 22.3 Å². The molecule has 0 heterocycles. The molecule has 0 saturated heterocycles. The van der Waals surface area contributed by atoms with Crippen molar-refractivity contribution in [3.05, 3.63) is 39.9 Å². The van der Waals surface area contributed by atoms with Crippen LogP contribution in [0.15, 0.2) is 12.1 Å². The Kier molecular flexibility index (Phi) is 16.4. The van der Waals surface area contributed by atoms with E-state index in [-0.39, 0.29) is 27.6 Å². The van der Waals surface area contributed by atoms with Gasteiger partial charge in [-0.1, -0.05) is 69.8 Å². The minimum Gasteiger partial charge on any atom is -0.123 e. The summed E-state index contributed by atoms with van der Waals surface area (Å²) in [6, 6.07) is 1.99. The van der Waals surface area contributed by atoms with Crippen molar-refractivity contribution in [2.24, 2.45) is 0 Å². The molecule has 0 aromatic heterocycles. The monoisotopic (exact) mass is 882 g/mol. The van der Waals surface area contributed by atoms with Crippen LogP contribution in [-0.4, -0.2) is 306 Å². The topological polar surface area (TPSA) is 0 Å². The molecule has 0 nitrogen and oxygen atoms in total. The van der Waals surface area contributed by atoms with E-state index in [1.54, 1.807) is 13.8 Å². The number of benzene rings is 3. The Balaban J connectivity index is 2.30. The zero-order valence-corrected chi connectivity index (χ0v) is 42.2. The molecule has 3 aromatic rings. The second-order valence-electron chi connectivity index (χ2n) is 21.9. The first-order valence-corrected chi connectivity index (χ1v) is 22.4. The van der Waals surface area contributed by atoms with Crippen LogP contribution in [0.2, 0.25) is 61.8 Å². The molecule has 0 bridgehead atoms. The van der Waals surface area contributed by atoms with Gasteiger partial charge in [-0.05, 0) is 72.1 Å².